The average molecular weight is 473 g/mol. The lowest BCUT2D eigenvalue weighted by atomic mass is 10.0. The summed E-state index contributed by atoms with van der Waals surface area (Å²) in [4.78, 5) is 27.7. The molecule has 33 heavy (non-hydrogen) atoms. The van der Waals surface area contributed by atoms with Crippen molar-refractivity contribution in [1.29, 1.82) is 0 Å². The Labute approximate surface area is 194 Å². The van der Waals surface area contributed by atoms with E-state index < -0.39 is 11.2 Å². The Kier molecular flexibility index (Phi) is 6.57. The minimum Gasteiger partial charge on any atom is -0.503 e. The van der Waals surface area contributed by atoms with Crippen molar-refractivity contribution in [1.82, 2.24) is 19.7 Å². The molecule has 4 rings (SSSR count). The number of aromatic hydroxyl groups is 1. The molecule has 0 aliphatic carbocycles. The first-order valence-electron chi connectivity index (χ1n) is 10.7. The molecule has 2 atom stereocenters. The molecule has 8 nitrogen and oxygen atoms in total. The summed E-state index contributed by atoms with van der Waals surface area (Å²) in [5.41, 5.74) is 0.332. The predicted octanol–water partition coefficient (Wildman–Crippen LogP) is 3.24. The summed E-state index contributed by atoms with van der Waals surface area (Å²) in [5.74, 6) is -1.30. The molecule has 0 fully saturated rings. The van der Waals surface area contributed by atoms with Gasteiger partial charge in [-0.2, -0.15) is 0 Å². The molecule has 0 radical (unpaired) electrons. The van der Waals surface area contributed by atoms with Crippen LogP contribution in [0, 0.1) is 5.82 Å². The van der Waals surface area contributed by atoms with E-state index in [4.69, 9.17) is 4.74 Å². The molecule has 1 amide bonds. The number of amides is 1. The van der Waals surface area contributed by atoms with Crippen molar-refractivity contribution >= 4 is 17.2 Å². The second-order valence-electron chi connectivity index (χ2n) is 8.04. The van der Waals surface area contributed by atoms with Gasteiger partial charge in [0.05, 0.1) is 17.7 Å². The normalized spacial score (nSPS) is 16.7. The number of hydrogen-bond donors (Lipinski definition) is 1. The van der Waals surface area contributed by atoms with E-state index in [-0.39, 0.29) is 35.1 Å². The topological polar surface area (TPSA) is 97.6 Å². The lowest BCUT2D eigenvalue weighted by Crippen LogP contribution is -2.47. The van der Waals surface area contributed by atoms with Gasteiger partial charge in [-0.25, -0.2) is 4.39 Å². The standard InChI is InChI=1S/C23H25FN4O4S/c1-4-9-27-12-17(13(2)32-3)28-11-16(20(29)21(30)19(28)23(27)31)22-26-25-18(33-22)10-14-5-7-15(24)8-6-14/h5-8,11,13,17,30H,4,9-10,12H2,1-3H3/t13-,17+/m0/s1. The van der Waals surface area contributed by atoms with Crippen molar-refractivity contribution in [2.45, 2.75) is 38.8 Å². The Balaban J connectivity index is 1.75. The van der Waals surface area contributed by atoms with Crippen LogP contribution in [-0.2, 0) is 11.2 Å². The van der Waals surface area contributed by atoms with Crippen molar-refractivity contribution in [2.24, 2.45) is 0 Å². The van der Waals surface area contributed by atoms with Crippen LogP contribution in [0.2, 0.25) is 0 Å². The molecule has 1 N–H and O–H groups in total. The van der Waals surface area contributed by atoms with Crippen LogP contribution in [-0.4, -0.2) is 57.0 Å². The van der Waals surface area contributed by atoms with Crippen LogP contribution in [0.5, 0.6) is 5.75 Å². The third kappa shape index (κ3) is 4.40. The first kappa shape index (κ1) is 23.1. The highest BCUT2D eigenvalue weighted by molar-refractivity contribution is 7.14. The second kappa shape index (κ2) is 9.40. The Morgan fingerprint density at radius 3 is 2.67 bits per heavy atom. The van der Waals surface area contributed by atoms with Crippen LogP contribution in [0.1, 0.15) is 47.4 Å². The van der Waals surface area contributed by atoms with E-state index in [1.807, 2.05) is 13.8 Å². The molecule has 3 heterocycles. The zero-order valence-electron chi connectivity index (χ0n) is 18.6. The SMILES string of the molecule is CCCN1C[C@H]([C@H](C)OC)n2cc(-c3nnc(Cc4ccc(F)cc4)s3)c(=O)c(O)c2C1=O. The molecule has 0 saturated carbocycles. The summed E-state index contributed by atoms with van der Waals surface area (Å²) < 4.78 is 20.3. The quantitative estimate of drug-likeness (QED) is 0.567. The Morgan fingerprint density at radius 1 is 1.27 bits per heavy atom. The maximum atomic E-state index is 13.2. The molecule has 174 valence electrons. The van der Waals surface area contributed by atoms with Crippen molar-refractivity contribution in [3.05, 3.63) is 62.8 Å². The van der Waals surface area contributed by atoms with Gasteiger partial charge in [-0.1, -0.05) is 30.4 Å². The summed E-state index contributed by atoms with van der Waals surface area (Å²) in [7, 11) is 1.58. The minimum atomic E-state index is -0.666. The third-order valence-electron chi connectivity index (χ3n) is 5.84. The van der Waals surface area contributed by atoms with E-state index >= 15 is 0 Å². The lowest BCUT2D eigenvalue weighted by molar-refractivity contribution is 0.0332. The third-order valence-corrected chi connectivity index (χ3v) is 6.79. The van der Waals surface area contributed by atoms with Crippen molar-refractivity contribution in [3.8, 4) is 16.3 Å². The number of fused-ring (bicyclic) bond motifs is 1. The van der Waals surface area contributed by atoms with Crippen LogP contribution < -0.4 is 5.43 Å². The van der Waals surface area contributed by atoms with E-state index in [2.05, 4.69) is 10.2 Å². The molecular weight excluding hydrogens is 447 g/mol. The molecule has 0 unspecified atom stereocenters. The monoisotopic (exact) mass is 472 g/mol. The molecule has 0 bridgehead atoms. The molecular formula is C23H25FN4O4S. The van der Waals surface area contributed by atoms with Gasteiger partial charge in [-0.05, 0) is 31.0 Å². The Morgan fingerprint density at radius 2 is 2.00 bits per heavy atom. The summed E-state index contributed by atoms with van der Waals surface area (Å²) in [6.07, 6.45) is 2.49. The van der Waals surface area contributed by atoms with Crippen molar-refractivity contribution in [2.75, 3.05) is 20.2 Å². The summed E-state index contributed by atoms with van der Waals surface area (Å²) in [5, 5.41) is 20.1. The van der Waals surface area contributed by atoms with Gasteiger partial charge in [0.2, 0.25) is 5.43 Å². The fourth-order valence-electron chi connectivity index (χ4n) is 4.00. The van der Waals surface area contributed by atoms with Gasteiger partial charge in [-0.3, -0.25) is 9.59 Å². The fraction of sp³-hybridized carbons (Fsp3) is 0.391. The number of aromatic nitrogens is 3. The molecule has 3 aromatic rings. The van der Waals surface area contributed by atoms with Gasteiger partial charge < -0.3 is 19.3 Å². The second-order valence-corrected chi connectivity index (χ2v) is 9.10. The number of carbonyl (C=O) groups is 1. The van der Waals surface area contributed by atoms with Gasteiger partial charge in [0, 0.05) is 32.8 Å². The highest BCUT2D eigenvalue weighted by Gasteiger charge is 2.37. The predicted molar refractivity (Wildman–Crippen MR) is 122 cm³/mol. The van der Waals surface area contributed by atoms with Gasteiger partial charge >= 0.3 is 0 Å². The zero-order chi connectivity index (χ0) is 23.7. The maximum absolute atomic E-state index is 13.2. The van der Waals surface area contributed by atoms with Crippen LogP contribution in [0.4, 0.5) is 4.39 Å². The Bertz CT molecular complexity index is 1220. The summed E-state index contributed by atoms with van der Waals surface area (Å²) in [6, 6.07) is 5.80. The number of rotatable bonds is 7. The maximum Gasteiger partial charge on any atom is 0.274 e. The molecule has 1 aliphatic heterocycles. The van der Waals surface area contributed by atoms with E-state index in [1.54, 1.807) is 34.9 Å². The lowest BCUT2D eigenvalue weighted by Gasteiger charge is -2.38. The Hall–Kier alpha value is -3.11. The number of ether oxygens (including phenoxy) is 1. The number of benzene rings is 1. The smallest absolute Gasteiger partial charge is 0.274 e. The summed E-state index contributed by atoms with van der Waals surface area (Å²) in [6.45, 7) is 4.77. The first-order chi connectivity index (χ1) is 15.8. The fourth-order valence-corrected chi connectivity index (χ4v) is 4.88. The number of carbonyl (C=O) groups excluding carboxylic acids is 1. The molecule has 0 saturated heterocycles. The van der Waals surface area contributed by atoms with Crippen molar-refractivity contribution < 1.29 is 19.0 Å². The van der Waals surface area contributed by atoms with E-state index in [9.17, 15) is 19.1 Å². The number of methoxy groups -OCH3 is 1. The molecule has 1 aromatic carbocycles. The molecule has 1 aliphatic rings. The molecule has 0 spiro atoms. The number of pyridine rings is 1. The highest BCUT2D eigenvalue weighted by atomic mass is 32.1. The average Bonchev–Trinajstić information content (AvgIpc) is 3.27. The van der Waals surface area contributed by atoms with Gasteiger partial charge in [-0.15, -0.1) is 10.2 Å². The zero-order valence-corrected chi connectivity index (χ0v) is 19.4. The van der Waals surface area contributed by atoms with Crippen LogP contribution in [0.3, 0.4) is 0 Å². The van der Waals surface area contributed by atoms with Crippen molar-refractivity contribution in [3.63, 3.8) is 0 Å². The van der Waals surface area contributed by atoms with Crippen LogP contribution in [0.15, 0.2) is 35.3 Å². The summed E-state index contributed by atoms with van der Waals surface area (Å²) >= 11 is 1.22. The first-order valence-corrected chi connectivity index (χ1v) is 11.5. The van der Waals surface area contributed by atoms with E-state index in [0.717, 1.165) is 12.0 Å². The number of nitrogens with zero attached hydrogens (tertiary/aromatic N) is 4. The van der Waals surface area contributed by atoms with Crippen LogP contribution >= 0.6 is 11.3 Å². The van der Waals surface area contributed by atoms with Gasteiger partial charge in [0.25, 0.3) is 5.91 Å². The van der Waals surface area contributed by atoms with Gasteiger partial charge in [0.1, 0.15) is 10.8 Å². The highest BCUT2D eigenvalue weighted by Crippen LogP contribution is 2.32. The van der Waals surface area contributed by atoms with Gasteiger partial charge in [0.15, 0.2) is 16.5 Å². The molecule has 2 aromatic heterocycles. The number of halogens is 1. The van der Waals surface area contributed by atoms with E-state index in [1.165, 1.54) is 23.5 Å². The van der Waals surface area contributed by atoms with Crippen LogP contribution in [0.25, 0.3) is 10.6 Å². The largest absolute Gasteiger partial charge is 0.503 e. The van der Waals surface area contributed by atoms with E-state index in [0.29, 0.717) is 29.5 Å². The minimum absolute atomic E-state index is 0.0339. The molecule has 10 heteroatoms. The number of hydrogen-bond acceptors (Lipinski definition) is 7.